The van der Waals surface area contributed by atoms with Gasteiger partial charge in [0.05, 0.1) is 11.3 Å². The zero-order chi connectivity index (χ0) is 16.5. The number of aromatic amines is 1. The van der Waals surface area contributed by atoms with Crippen molar-refractivity contribution in [2.24, 2.45) is 0 Å². The topological polar surface area (TPSA) is 83.8 Å². The van der Waals surface area contributed by atoms with Gasteiger partial charge < -0.3 is 9.73 Å². The van der Waals surface area contributed by atoms with Crippen molar-refractivity contribution in [3.8, 4) is 11.4 Å². The molecule has 1 amide bonds. The third kappa shape index (κ3) is 2.41. The first-order chi connectivity index (χ1) is 11.7. The largest absolute Gasteiger partial charge is 0.463 e. The molecule has 0 fully saturated rings. The lowest BCUT2D eigenvalue weighted by Gasteiger charge is -2.07. The fourth-order valence-corrected chi connectivity index (χ4v) is 2.46. The van der Waals surface area contributed by atoms with Crippen LogP contribution in [-0.2, 0) is 0 Å². The predicted molar refractivity (Wildman–Crippen MR) is 85.9 cm³/mol. The van der Waals surface area contributed by atoms with E-state index in [4.69, 9.17) is 4.42 Å². The highest BCUT2D eigenvalue weighted by Gasteiger charge is 2.16. The van der Waals surface area contributed by atoms with Gasteiger partial charge in [-0.15, -0.1) is 0 Å². The Morgan fingerprint density at radius 3 is 2.92 bits per heavy atom. The van der Waals surface area contributed by atoms with Gasteiger partial charge >= 0.3 is 0 Å². The van der Waals surface area contributed by atoms with Gasteiger partial charge in [0.1, 0.15) is 24.0 Å². The molecule has 0 aliphatic carbocycles. The summed E-state index contributed by atoms with van der Waals surface area (Å²) in [6, 6.07) is 11.5. The maximum atomic E-state index is 14.0. The number of aromatic nitrogens is 3. The molecule has 0 unspecified atom stereocenters. The highest BCUT2D eigenvalue weighted by atomic mass is 19.1. The van der Waals surface area contributed by atoms with Crippen LogP contribution in [0.3, 0.4) is 0 Å². The van der Waals surface area contributed by atoms with Gasteiger partial charge in [-0.25, -0.2) is 9.37 Å². The van der Waals surface area contributed by atoms with Gasteiger partial charge in [-0.05, 0) is 24.3 Å². The molecule has 7 heteroatoms. The molecule has 0 aliphatic rings. The SMILES string of the molecule is O=C(Nc1cc(-c2ncn[nH]2)ccc1F)c1coc2ccccc12. The molecule has 6 nitrogen and oxygen atoms in total. The van der Waals surface area contributed by atoms with Crippen LogP contribution in [0.25, 0.3) is 22.4 Å². The lowest BCUT2D eigenvalue weighted by molar-refractivity contribution is 0.102. The van der Waals surface area contributed by atoms with Crippen LogP contribution < -0.4 is 5.32 Å². The summed E-state index contributed by atoms with van der Waals surface area (Å²) in [4.78, 5) is 16.5. The van der Waals surface area contributed by atoms with E-state index in [0.717, 1.165) is 0 Å². The van der Waals surface area contributed by atoms with Crippen LogP contribution in [0.2, 0.25) is 0 Å². The molecule has 0 saturated heterocycles. The molecule has 2 aromatic heterocycles. The molecular formula is C17H11FN4O2. The van der Waals surface area contributed by atoms with Gasteiger partial charge in [0.2, 0.25) is 0 Å². The van der Waals surface area contributed by atoms with E-state index in [9.17, 15) is 9.18 Å². The van der Waals surface area contributed by atoms with Gasteiger partial charge in [-0.1, -0.05) is 18.2 Å². The second kappa shape index (κ2) is 5.62. The van der Waals surface area contributed by atoms with Gasteiger partial charge in [0, 0.05) is 10.9 Å². The minimum atomic E-state index is -0.542. The summed E-state index contributed by atoms with van der Waals surface area (Å²) in [5, 5.41) is 9.69. The lowest BCUT2D eigenvalue weighted by atomic mass is 10.1. The number of para-hydroxylation sites is 1. The Morgan fingerprint density at radius 2 is 2.08 bits per heavy atom. The number of halogens is 1. The number of H-pyrrole nitrogens is 1. The molecule has 2 N–H and O–H groups in total. The van der Waals surface area contributed by atoms with E-state index in [0.29, 0.717) is 27.9 Å². The minimum Gasteiger partial charge on any atom is -0.463 e. The van der Waals surface area contributed by atoms with E-state index in [1.54, 1.807) is 24.3 Å². The zero-order valence-electron chi connectivity index (χ0n) is 12.3. The summed E-state index contributed by atoms with van der Waals surface area (Å²) < 4.78 is 19.4. The Bertz CT molecular complexity index is 1020. The van der Waals surface area contributed by atoms with E-state index in [2.05, 4.69) is 20.5 Å². The monoisotopic (exact) mass is 322 g/mol. The molecule has 4 aromatic rings. The van der Waals surface area contributed by atoms with Crippen LogP contribution in [0.15, 0.2) is 59.5 Å². The first-order valence-electron chi connectivity index (χ1n) is 7.15. The number of carbonyl (C=O) groups is 1. The van der Waals surface area contributed by atoms with E-state index in [-0.39, 0.29) is 5.69 Å². The fraction of sp³-hybridized carbons (Fsp3) is 0. The van der Waals surface area contributed by atoms with E-state index < -0.39 is 11.7 Å². The van der Waals surface area contributed by atoms with Crippen LogP contribution in [0.5, 0.6) is 0 Å². The number of hydrogen-bond donors (Lipinski definition) is 2. The maximum Gasteiger partial charge on any atom is 0.259 e. The third-order valence-electron chi connectivity index (χ3n) is 3.63. The molecular weight excluding hydrogens is 311 g/mol. The standard InChI is InChI=1S/C17H11FN4O2/c18-13-6-5-10(16-19-9-20-22-16)7-14(13)21-17(23)12-8-24-15-4-2-1-3-11(12)15/h1-9H,(H,21,23)(H,19,20,22). The quantitative estimate of drug-likeness (QED) is 0.603. The molecule has 0 radical (unpaired) electrons. The van der Waals surface area contributed by atoms with E-state index >= 15 is 0 Å². The Morgan fingerprint density at radius 1 is 1.21 bits per heavy atom. The number of rotatable bonds is 3. The normalized spacial score (nSPS) is 10.9. The highest BCUT2D eigenvalue weighted by molar-refractivity contribution is 6.12. The number of nitrogens with one attached hydrogen (secondary N) is 2. The molecule has 2 heterocycles. The van der Waals surface area contributed by atoms with Crippen molar-refractivity contribution in [1.29, 1.82) is 0 Å². The summed E-state index contributed by atoms with van der Waals surface area (Å²) >= 11 is 0. The summed E-state index contributed by atoms with van der Waals surface area (Å²) in [6.45, 7) is 0. The smallest absolute Gasteiger partial charge is 0.259 e. The van der Waals surface area contributed by atoms with Crippen molar-refractivity contribution in [1.82, 2.24) is 15.2 Å². The van der Waals surface area contributed by atoms with Crippen LogP contribution >= 0.6 is 0 Å². The summed E-state index contributed by atoms with van der Waals surface area (Å²) in [5.74, 6) is -0.507. The Kier molecular flexibility index (Phi) is 3.31. The fourth-order valence-electron chi connectivity index (χ4n) is 2.46. The van der Waals surface area contributed by atoms with Crippen molar-refractivity contribution in [2.75, 3.05) is 5.32 Å². The van der Waals surface area contributed by atoms with Crippen LogP contribution in [0, 0.1) is 5.82 Å². The number of amides is 1. The van der Waals surface area contributed by atoms with E-state index in [1.807, 2.05) is 6.07 Å². The number of nitrogens with zero attached hydrogens (tertiary/aromatic N) is 2. The maximum absolute atomic E-state index is 14.0. The molecule has 0 spiro atoms. The van der Waals surface area contributed by atoms with Crippen molar-refractivity contribution in [2.45, 2.75) is 0 Å². The molecule has 0 bridgehead atoms. The minimum absolute atomic E-state index is 0.0548. The molecule has 4 rings (SSSR count). The average Bonchev–Trinajstić information content (AvgIpc) is 3.26. The number of hydrogen-bond acceptors (Lipinski definition) is 4. The van der Waals surface area contributed by atoms with Gasteiger partial charge in [-0.3, -0.25) is 9.89 Å². The average molecular weight is 322 g/mol. The van der Waals surface area contributed by atoms with Gasteiger partial charge in [-0.2, -0.15) is 5.10 Å². The lowest BCUT2D eigenvalue weighted by Crippen LogP contribution is -2.12. The van der Waals surface area contributed by atoms with Crippen molar-refractivity contribution in [3.05, 3.63) is 66.4 Å². The number of benzene rings is 2. The first-order valence-corrected chi connectivity index (χ1v) is 7.15. The number of fused-ring (bicyclic) bond motifs is 1. The molecule has 2 aromatic carbocycles. The van der Waals surface area contributed by atoms with E-state index in [1.165, 1.54) is 24.7 Å². The summed E-state index contributed by atoms with van der Waals surface area (Å²) in [5.41, 5.74) is 1.61. The van der Waals surface area contributed by atoms with Gasteiger partial charge in [0.15, 0.2) is 5.82 Å². The highest BCUT2D eigenvalue weighted by Crippen LogP contribution is 2.25. The molecule has 118 valence electrons. The molecule has 0 atom stereocenters. The molecule has 0 saturated carbocycles. The second-order valence-corrected chi connectivity index (χ2v) is 5.13. The zero-order valence-corrected chi connectivity index (χ0v) is 12.3. The Labute approximate surface area is 135 Å². The molecule has 0 aliphatic heterocycles. The number of carbonyl (C=O) groups excluding carboxylic acids is 1. The van der Waals surface area contributed by atoms with Crippen molar-refractivity contribution in [3.63, 3.8) is 0 Å². The predicted octanol–water partition coefficient (Wildman–Crippen LogP) is 3.61. The molecule has 24 heavy (non-hydrogen) atoms. The van der Waals surface area contributed by atoms with Crippen LogP contribution in [0.1, 0.15) is 10.4 Å². The second-order valence-electron chi connectivity index (χ2n) is 5.13. The van der Waals surface area contributed by atoms with Gasteiger partial charge in [0.25, 0.3) is 5.91 Å². The van der Waals surface area contributed by atoms with Crippen LogP contribution in [-0.4, -0.2) is 21.1 Å². The first kappa shape index (κ1) is 14.1. The number of furan rings is 1. The summed E-state index contributed by atoms with van der Waals surface area (Å²) in [7, 11) is 0. The van der Waals surface area contributed by atoms with Crippen LogP contribution in [0.4, 0.5) is 10.1 Å². The Balaban J connectivity index is 1.67. The summed E-state index contributed by atoms with van der Waals surface area (Å²) in [6.07, 6.45) is 2.72. The van der Waals surface area contributed by atoms with Crippen molar-refractivity contribution >= 4 is 22.6 Å². The number of anilines is 1. The Hall–Kier alpha value is -3.48. The van der Waals surface area contributed by atoms with Crippen molar-refractivity contribution < 1.29 is 13.6 Å². The third-order valence-corrected chi connectivity index (χ3v) is 3.63.